The van der Waals surface area contributed by atoms with Crippen LogP contribution in [0, 0.1) is 12.7 Å². The van der Waals surface area contributed by atoms with Crippen molar-refractivity contribution in [2.24, 2.45) is 0 Å². The van der Waals surface area contributed by atoms with Crippen LogP contribution in [0.5, 0.6) is 5.75 Å². The molecule has 0 atom stereocenters. The summed E-state index contributed by atoms with van der Waals surface area (Å²) in [5.74, 6) is -0.915. The Morgan fingerprint density at radius 1 is 1.09 bits per heavy atom. The first kappa shape index (κ1) is 21.9. The van der Waals surface area contributed by atoms with Crippen LogP contribution in [0.3, 0.4) is 0 Å². The number of nitrogens with one attached hydrogen (secondary N) is 1. The molecule has 4 rings (SSSR count). The van der Waals surface area contributed by atoms with Gasteiger partial charge in [-0.05, 0) is 55.0 Å². The highest BCUT2D eigenvalue weighted by Gasteiger charge is 2.19. The van der Waals surface area contributed by atoms with E-state index in [0.29, 0.717) is 28.1 Å². The number of anilines is 1. The highest BCUT2D eigenvalue weighted by Crippen LogP contribution is 2.21. The van der Waals surface area contributed by atoms with E-state index in [9.17, 15) is 18.8 Å². The third-order valence-corrected chi connectivity index (χ3v) is 5.24. The van der Waals surface area contributed by atoms with Gasteiger partial charge in [-0.3, -0.25) is 19.4 Å². The molecule has 0 saturated carbocycles. The van der Waals surface area contributed by atoms with Crippen LogP contribution >= 0.6 is 0 Å². The van der Waals surface area contributed by atoms with Gasteiger partial charge >= 0.3 is 0 Å². The number of fused-ring (bicyclic) bond motifs is 1. The fraction of sp³-hybridized carbons (Fsp3) is 0.120. The van der Waals surface area contributed by atoms with Gasteiger partial charge in [0.15, 0.2) is 5.78 Å². The number of hydrogen-bond donors (Lipinski definition) is 1. The number of nitrogens with zero attached hydrogens (tertiary/aromatic N) is 2. The number of carbonyl (C=O) groups excluding carboxylic acids is 2. The normalized spacial score (nSPS) is 10.8. The standard InChI is InChI=1S/C25H20FN3O4/c1-15-3-4-17(11-21(15)26)28-23(30)14-29-13-20(24(31)16-7-9-27-10-8-16)25(32)19-12-18(33-2)5-6-22(19)29/h3-13H,14H2,1-2H3,(H,28,30). The Hall–Kier alpha value is -4.33. The van der Waals surface area contributed by atoms with Crippen molar-refractivity contribution >= 4 is 28.3 Å². The van der Waals surface area contributed by atoms with E-state index in [-0.39, 0.29) is 17.5 Å². The predicted octanol–water partition coefficient (Wildman–Crippen LogP) is 3.72. The molecule has 0 unspecified atom stereocenters. The molecular formula is C25H20FN3O4. The van der Waals surface area contributed by atoms with Gasteiger partial charge in [0, 0.05) is 29.8 Å². The van der Waals surface area contributed by atoms with Crippen LogP contribution in [0.1, 0.15) is 21.5 Å². The molecule has 0 saturated heterocycles. The van der Waals surface area contributed by atoms with E-state index in [4.69, 9.17) is 4.74 Å². The summed E-state index contributed by atoms with van der Waals surface area (Å²) in [7, 11) is 1.47. The van der Waals surface area contributed by atoms with E-state index in [1.54, 1.807) is 31.2 Å². The van der Waals surface area contributed by atoms with Crippen molar-refractivity contribution in [2.45, 2.75) is 13.5 Å². The Balaban J connectivity index is 1.76. The summed E-state index contributed by atoms with van der Waals surface area (Å²) in [6.45, 7) is 1.43. The second kappa shape index (κ2) is 9.04. The van der Waals surface area contributed by atoms with Crippen molar-refractivity contribution in [1.82, 2.24) is 9.55 Å². The van der Waals surface area contributed by atoms with Gasteiger partial charge in [0.2, 0.25) is 11.3 Å². The second-order valence-corrected chi connectivity index (χ2v) is 7.46. The van der Waals surface area contributed by atoms with Crippen molar-refractivity contribution in [2.75, 3.05) is 12.4 Å². The summed E-state index contributed by atoms with van der Waals surface area (Å²) >= 11 is 0. The minimum Gasteiger partial charge on any atom is -0.497 e. The maximum absolute atomic E-state index is 13.8. The van der Waals surface area contributed by atoms with Gasteiger partial charge in [0.05, 0.1) is 23.6 Å². The number of ketones is 1. The number of ether oxygens (including phenoxy) is 1. The number of pyridine rings is 2. The summed E-state index contributed by atoms with van der Waals surface area (Å²) < 4.78 is 20.6. The Labute approximate surface area is 188 Å². The lowest BCUT2D eigenvalue weighted by molar-refractivity contribution is -0.116. The first-order valence-corrected chi connectivity index (χ1v) is 10.1. The maximum atomic E-state index is 13.8. The van der Waals surface area contributed by atoms with Crippen molar-refractivity contribution in [3.63, 3.8) is 0 Å². The van der Waals surface area contributed by atoms with E-state index in [0.717, 1.165) is 0 Å². The fourth-order valence-corrected chi connectivity index (χ4v) is 3.48. The van der Waals surface area contributed by atoms with Crippen LogP contribution < -0.4 is 15.5 Å². The third-order valence-electron chi connectivity index (χ3n) is 5.24. The molecule has 1 N–H and O–H groups in total. The molecule has 166 valence electrons. The molecule has 0 fully saturated rings. The average molecular weight is 445 g/mol. The van der Waals surface area contributed by atoms with Crippen molar-refractivity contribution in [3.8, 4) is 5.75 Å². The molecule has 0 spiro atoms. The molecule has 7 nitrogen and oxygen atoms in total. The SMILES string of the molecule is COc1ccc2c(c1)c(=O)c(C(=O)c1ccncc1)cn2CC(=O)Nc1ccc(C)c(F)c1. The van der Waals surface area contributed by atoms with Gasteiger partial charge < -0.3 is 14.6 Å². The van der Waals surface area contributed by atoms with E-state index in [1.165, 1.54) is 54.5 Å². The van der Waals surface area contributed by atoms with E-state index in [2.05, 4.69) is 10.3 Å². The summed E-state index contributed by atoms with van der Waals surface area (Å²) in [6, 6.07) is 12.3. The van der Waals surface area contributed by atoms with Gasteiger partial charge in [-0.15, -0.1) is 0 Å². The highest BCUT2D eigenvalue weighted by molar-refractivity contribution is 6.10. The number of benzene rings is 2. The molecule has 8 heteroatoms. The van der Waals surface area contributed by atoms with Crippen LogP contribution in [0.25, 0.3) is 10.9 Å². The summed E-state index contributed by atoms with van der Waals surface area (Å²) in [5.41, 5.74) is 0.975. The zero-order chi connectivity index (χ0) is 23.5. The van der Waals surface area contributed by atoms with Crippen molar-refractivity contribution in [3.05, 3.63) is 99.9 Å². The van der Waals surface area contributed by atoms with E-state index < -0.39 is 22.9 Å². The zero-order valence-corrected chi connectivity index (χ0v) is 18.0. The van der Waals surface area contributed by atoms with Crippen LogP contribution in [0.2, 0.25) is 0 Å². The summed E-state index contributed by atoms with van der Waals surface area (Å²) in [6.07, 6.45) is 4.29. The second-order valence-electron chi connectivity index (χ2n) is 7.46. The average Bonchev–Trinajstić information content (AvgIpc) is 2.83. The molecule has 2 aromatic carbocycles. The predicted molar refractivity (Wildman–Crippen MR) is 122 cm³/mol. The lowest BCUT2D eigenvalue weighted by Gasteiger charge is -2.14. The largest absolute Gasteiger partial charge is 0.497 e. The monoisotopic (exact) mass is 445 g/mol. The smallest absolute Gasteiger partial charge is 0.244 e. The Bertz CT molecular complexity index is 1430. The molecule has 2 heterocycles. The van der Waals surface area contributed by atoms with Crippen LogP contribution in [0.15, 0.2) is 71.9 Å². The molecule has 0 radical (unpaired) electrons. The number of halogens is 1. The van der Waals surface area contributed by atoms with Crippen molar-refractivity contribution in [1.29, 1.82) is 0 Å². The molecule has 2 aromatic heterocycles. The molecule has 4 aromatic rings. The number of carbonyl (C=O) groups is 2. The topological polar surface area (TPSA) is 90.3 Å². The molecule has 0 aliphatic rings. The van der Waals surface area contributed by atoms with E-state index >= 15 is 0 Å². The molecule has 33 heavy (non-hydrogen) atoms. The van der Waals surface area contributed by atoms with E-state index in [1.807, 2.05) is 0 Å². The number of rotatable bonds is 6. The maximum Gasteiger partial charge on any atom is 0.244 e. The Morgan fingerprint density at radius 2 is 1.85 bits per heavy atom. The lowest BCUT2D eigenvalue weighted by atomic mass is 10.0. The fourth-order valence-electron chi connectivity index (χ4n) is 3.48. The third kappa shape index (κ3) is 4.50. The molecule has 1 amide bonds. The van der Waals surface area contributed by atoms with Gasteiger partial charge in [-0.25, -0.2) is 4.39 Å². The number of aryl methyl sites for hydroxylation is 1. The number of methoxy groups -OCH3 is 1. The van der Waals surface area contributed by atoms with Crippen molar-refractivity contribution < 1.29 is 18.7 Å². The van der Waals surface area contributed by atoms with Gasteiger partial charge in [-0.2, -0.15) is 0 Å². The summed E-state index contributed by atoms with van der Waals surface area (Å²) in [5, 5.41) is 2.88. The minimum atomic E-state index is -0.484. The lowest BCUT2D eigenvalue weighted by Crippen LogP contribution is -2.24. The molecule has 0 bridgehead atoms. The molecule has 0 aliphatic carbocycles. The highest BCUT2D eigenvalue weighted by atomic mass is 19.1. The van der Waals surface area contributed by atoms with Crippen LogP contribution in [-0.4, -0.2) is 28.4 Å². The first-order valence-electron chi connectivity index (χ1n) is 10.1. The molecule has 0 aliphatic heterocycles. The number of aromatic nitrogens is 2. The van der Waals surface area contributed by atoms with Crippen LogP contribution in [-0.2, 0) is 11.3 Å². The molecular weight excluding hydrogens is 425 g/mol. The zero-order valence-electron chi connectivity index (χ0n) is 18.0. The quantitative estimate of drug-likeness (QED) is 0.457. The Kier molecular flexibility index (Phi) is 5.99. The number of amides is 1. The van der Waals surface area contributed by atoms with Gasteiger partial charge in [-0.1, -0.05) is 6.07 Å². The summed E-state index contributed by atoms with van der Waals surface area (Å²) in [4.78, 5) is 42.8. The minimum absolute atomic E-state index is 0.0869. The number of hydrogen-bond acceptors (Lipinski definition) is 5. The Morgan fingerprint density at radius 3 is 2.55 bits per heavy atom. The van der Waals surface area contributed by atoms with Gasteiger partial charge in [0.25, 0.3) is 0 Å². The van der Waals surface area contributed by atoms with Gasteiger partial charge in [0.1, 0.15) is 18.1 Å². The van der Waals surface area contributed by atoms with Crippen LogP contribution in [0.4, 0.5) is 10.1 Å². The first-order chi connectivity index (χ1) is 15.9.